The van der Waals surface area contributed by atoms with E-state index in [9.17, 15) is 13.7 Å². The summed E-state index contributed by atoms with van der Waals surface area (Å²) in [6.07, 6.45) is 17.0. The van der Waals surface area contributed by atoms with Gasteiger partial charge in [-0.2, -0.15) is 0 Å². The molecule has 0 atom stereocenters. The van der Waals surface area contributed by atoms with Gasteiger partial charge < -0.3 is 27.6 Å². The van der Waals surface area contributed by atoms with E-state index in [1.165, 1.54) is 43.4 Å². The molecule has 0 amide bonds. The minimum atomic E-state index is -3.57. The zero-order valence-electron chi connectivity index (χ0n) is 48.8. The SMILES string of the molecule is CCCCCCCCC#Cc1ccc(-c2ccc(-c3cc(COP=O)c(-c4ccc(-c5ccc(-c6cc(OCCCCCC)c(-c7ccc(P(=O)(OCC)OCC)s7)cc6OCCCCCC)s5)s4)cc3CP(=O)(OCC)OCC)s2)s1. The van der Waals surface area contributed by atoms with Crippen molar-refractivity contribution in [1.82, 2.24) is 0 Å². The van der Waals surface area contributed by atoms with Gasteiger partial charge in [0.2, 0.25) is 0 Å². The van der Waals surface area contributed by atoms with Gasteiger partial charge in [0.05, 0.1) is 57.3 Å². The Morgan fingerprint density at radius 2 is 0.890 bits per heavy atom. The van der Waals surface area contributed by atoms with Crippen LogP contribution in [0, 0.1) is 11.8 Å². The summed E-state index contributed by atoms with van der Waals surface area (Å²) in [5, 5.41) is 0. The van der Waals surface area contributed by atoms with Gasteiger partial charge in [-0.15, -0.1) is 56.7 Å². The number of unbranched alkanes of at least 4 members (excludes halogenated alkanes) is 12. The van der Waals surface area contributed by atoms with Crippen molar-refractivity contribution in [1.29, 1.82) is 0 Å². The zero-order valence-corrected chi connectivity index (χ0v) is 55.6. The molecule has 0 N–H and O–H groups in total. The first-order chi connectivity index (χ1) is 40.0. The van der Waals surface area contributed by atoms with Gasteiger partial charge in [-0.1, -0.05) is 103 Å². The molecule has 5 heterocycles. The topological polar surface area (TPSA) is 116 Å². The Kier molecular flexibility index (Phi) is 27.8. The molecule has 2 aromatic carbocycles. The van der Waals surface area contributed by atoms with Gasteiger partial charge in [-0.05, 0) is 154 Å². The van der Waals surface area contributed by atoms with Crippen molar-refractivity contribution in [2.45, 2.75) is 158 Å². The Labute approximate surface area is 510 Å². The first-order valence-electron chi connectivity index (χ1n) is 29.3. The summed E-state index contributed by atoms with van der Waals surface area (Å²) in [6.45, 7) is 16.2. The molecule has 0 fully saturated rings. The van der Waals surface area contributed by atoms with Crippen molar-refractivity contribution in [3.63, 3.8) is 0 Å². The van der Waals surface area contributed by atoms with Gasteiger partial charge in [-0.3, -0.25) is 13.7 Å². The number of hydrogen-bond acceptors (Lipinski definition) is 15. The summed E-state index contributed by atoms with van der Waals surface area (Å²) in [4.78, 5) is 9.34. The molecule has 0 saturated carbocycles. The second-order valence-corrected chi connectivity index (χ2v) is 29.9. The lowest BCUT2D eigenvalue weighted by Crippen LogP contribution is -2.06. The molecule has 0 spiro atoms. The summed E-state index contributed by atoms with van der Waals surface area (Å²) >= 11 is 8.11. The molecule has 0 aliphatic rings. The van der Waals surface area contributed by atoms with Crippen LogP contribution in [0.2, 0.25) is 0 Å². The third-order valence-corrected chi connectivity index (χ3v) is 24.3. The number of benzene rings is 2. The van der Waals surface area contributed by atoms with Gasteiger partial charge in [0, 0.05) is 56.6 Å². The zero-order chi connectivity index (χ0) is 58.2. The van der Waals surface area contributed by atoms with E-state index >= 15 is 0 Å². The van der Waals surface area contributed by atoms with Gasteiger partial charge in [0.1, 0.15) is 16.1 Å². The van der Waals surface area contributed by atoms with E-state index in [-0.39, 0.29) is 39.2 Å². The fourth-order valence-corrected chi connectivity index (χ4v) is 18.7. The fraction of sp³-hybridized carbons (Fsp3) is 0.469. The van der Waals surface area contributed by atoms with Crippen LogP contribution in [0.15, 0.2) is 84.9 Å². The Morgan fingerprint density at radius 1 is 0.451 bits per heavy atom. The van der Waals surface area contributed by atoms with Crippen LogP contribution in [-0.4, -0.2) is 39.6 Å². The predicted molar refractivity (Wildman–Crippen MR) is 350 cm³/mol. The van der Waals surface area contributed by atoms with E-state index in [0.29, 0.717) is 17.8 Å². The second kappa shape index (κ2) is 34.6. The van der Waals surface area contributed by atoms with E-state index in [1.807, 2.05) is 39.8 Å². The Morgan fingerprint density at radius 3 is 1.43 bits per heavy atom. The molecule has 0 saturated heterocycles. The normalized spacial score (nSPS) is 11.9. The number of ether oxygens (including phenoxy) is 2. The average molecular weight is 1260 g/mol. The minimum absolute atomic E-state index is 0.0658. The van der Waals surface area contributed by atoms with E-state index in [2.05, 4.69) is 105 Å². The molecule has 10 nitrogen and oxygen atoms in total. The predicted octanol–water partition coefficient (Wildman–Crippen LogP) is 22.4. The summed E-state index contributed by atoms with van der Waals surface area (Å²) in [7, 11) is -7.50. The van der Waals surface area contributed by atoms with Crippen LogP contribution in [0.3, 0.4) is 0 Å². The van der Waals surface area contributed by atoms with E-state index in [0.717, 1.165) is 153 Å². The molecule has 0 aliphatic heterocycles. The summed E-state index contributed by atoms with van der Waals surface area (Å²) < 4.78 is 83.4. The lowest BCUT2D eigenvalue weighted by Gasteiger charge is -2.20. The molecule has 442 valence electrons. The third-order valence-electron chi connectivity index (χ3n) is 13.5. The van der Waals surface area contributed by atoms with Crippen molar-refractivity contribution in [2.75, 3.05) is 39.6 Å². The van der Waals surface area contributed by atoms with Crippen LogP contribution >= 0.6 is 80.6 Å². The van der Waals surface area contributed by atoms with E-state index < -0.39 is 23.9 Å². The fourth-order valence-electron chi connectivity index (χ4n) is 9.48. The van der Waals surface area contributed by atoms with Crippen LogP contribution < -0.4 is 14.1 Å². The maximum absolute atomic E-state index is 14.5. The van der Waals surface area contributed by atoms with Gasteiger partial charge >= 0.3 is 23.9 Å². The molecule has 0 bridgehead atoms. The smallest absolute Gasteiger partial charge is 0.371 e. The molecule has 0 aliphatic carbocycles. The molecule has 5 aromatic heterocycles. The highest BCUT2D eigenvalue weighted by Gasteiger charge is 2.31. The molecule has 82 heavy (non-hydrogen) atoms. The van der Waals surface area contributed by atoms with Gasteiger partial charge in [0.25, 0.3) is 0 Å². The summed E-state index contributed by atoms with van der Waals surface area (Å²) in [5.74, 6) is 8.29. The van der Waals surface area contributed by atoms with Gasteiger partial charge in [0.15, 0.2) is 0 Å². The molecular weight excluding hydrogens is 1180 g/mol. The lowest BCUT2D eigenvalue weighted by molar-refractivity contribution is 0.219. The maximum Gasteiger partial charge on any atom is 0.371 e. The molecule has 0 radical (unpaired) electrons. The first-order valence-corrected chi connectivity index (χ1v) is 37.4. The molecular formula is C64H81O10P3S5. The third kappa shape index (κ3) is 18.7. The van der Waals surface area contributed by atoms with Gasteiger partial charge in [-0.25, -0.2) is 4.57 Å². The highest BCUT2D eigenvalue weighted by molar-refractivity contribution is 7.69. The second-order valence-electron chi connectivity index (χ2n) is 19.7. The molecule has 18 heteroatoms. The van der Waals surface area contributed by atoms with Crippen LogP contribution in [0.25, 0.3) is 61.3 Å². The van der Waals surface area contributed by atoms with Crippen molar-refractivity contribution in [3.8, 4) is 84.6 Å². The Hall–Kier alpha value is -3.54. The summed E-state index contributed by atoms with van der Waals surface area (Å²) in [5.41, 5.74) is 5.26. The van der Waals surface area contributed by atoms with Crippen molar-refractivity contribution in [3.05, 3.63) is 101 Å². The highest BCUT2D eigenvalue weighted by Crippen LogP contribution is 2.55. The Balaban J connectivity index is 1.24. The maximum atomic E-state index is 14.5. The lowest BCUT2D eigenvalue weighted by atomic mass is 9.97. The van der Waals surface area contributed by atoms with Crippen molar-refractivity contribution >= 4 is 85.2 Å². The molecule has 7 aromatic rings. The van der Waals surface area contributed by atoms with Crippen LogP contribution in [0.5, 0.6) is 11.5 Å². The molecule has 7 rings (SSSR count). The van der Waals surface area contributed by atoms with Crippen LogP contribution in [0.4, 0.5) is 0 Å². The quantitative estimate of drug-likeness (QED) is 0.0210. The standard InChI is InChI=1S/C64H81O10P3S5/c1-8-15-18-21-22-23-24-25-28-49-29-30-60(78-49)61-34-32-57(80-61)51-41-47(45-70-75-65)50(42-48(51)46-76(66,71-11-4)72-12-5)56-31-35-62(79-56)63-36-33-58(81-63)52-43-55(69-40-27-20-17-10-3)53(44-54(52)68-39-26-19-16-9-2)59-37-38-64(82-59)77(67,73-13-6)74-14-7/h29-38,41-44H,8-24,26-27,39-40,45-46H2,1-7H3. The van der Waals surface area contributed by atoms with E-state index in [4.69, 9.17) is 32.1 Å². The monoisotopic (exact) mass is 1260 g/mol. The van der Waals surface area contributed by atoms with E-state index in [1.54, 1.807) is 45.3 Å². The number of thiophene rings is 5. The average Bonchev–Trinajstić information content (AvgIpc) is 4.02. The summed E-state index contributed by atoms with van der Waals surface area (Å²) in [6, 6.07) is 29.3. The minimum Gasteiger partial charge on any atom is -0.493 e. The number of rotatable bonds is 38. The highest BCUT2D eigenvalue weighted by atomic mass is 32.1. The molecule has 0 unspecified atom stereocenters. The first kappa shape index (κ1) is 66.0. The van der Waals surface area contributed by atoms with Crippen LogP contribution in [-0.2, 0) is 49.1 Å². The van der Waals surface area contributed by atoms with Crippen molar-refractivity contribution in [2.24, 2.45) is 0 Å². The number of hydrogen-bond donors (Lipinski definition) is 0. The Bertz CT molecular complexity index is 3230. The van der Waals surface area contributed by atoms with Crippen molar-refractivity contribution < 1.29 is 45.8 Å². The largest absolute Gasteiger partial charge is 0.493 e. The van der Waals surface area contributed by atoms with Crippen LogP contribution in [0.1, 0.15) is 161 Å².